The maximum Gasteiger partial charge on any atom is 0.305 e. The van der Waals surface area contributed by atoms with Crippen LogP contribution in [0.4, 0.5) is 0 Å². The first-order valence-electron chi connectivity index (χ1n) is 6.04. The lowest BCUT2D eigenvalue weighted by molar-refractivity contribution is -0.143. The Hall–Kier alpha value is -0.570. The molecular weight excluding hydrogens is 192 g/mol. The van der Waals surface area contributed by atoms with E-state index in [1.54, 1.807) is 0 Å². The van der Waals surface area contributed by atoms with Gasteiger partial charge in [-0.1, -0.05) is 19.8 Å². The first-order chi connectivity index (χ1) is 7.31. The van der Waals surface area contributed by atoms with E-state index >= 15 is 0 Å². The van der Waals surface area contributed by atoms with Gasteiger partial charge in [0.05, 0.1) is 6.61 Å². The third-order valence-electron chi connectivity index (χ3n) is 2.13. The lowest BCUT2D eigenvalue weighted by Crippen LogP contribution is -2.06. The number of rotatable bonds is 10. The van der Waals surface area contributed by atoms with Crippen LogP contribution in [0.2, 0.25) is 0 Å². The Morgan fingerprint density at radius 2 is 1.73 bits per heavy atom. The molecule has 3 nitrogen and oxygen atoms in total. The number of hydrogen-bond donors (Lipinski definition) is 0. The SMILES string of the molecule is CCCCCOC(=O)CCCCOCC. The minimum absolute atomic E-state index is 0.0670. The van der Waals surface area contributed by atoms with E-state index in [-0.39, 0.29) is 5.97 Å². The molecule has 0 fully saturated rings. The van der Waals surface area contributed by atoms with Gasteiger partial charge in [-0.2, -0.15) is 0 Å². The lowest BCUT2D eigenvalue weighted by Gasteiger charge is -2.04. The molecule has 3 heteroatoms. The predicted molar refractivity (Wildman–Crippen MR) is 60.8 cm³/mol. The molecule has 0 saturated heterocycles. The fourth-order valence-corrected chi connectivity index (χ4v) is 1.23. The summed E-state index contributed by atoms with van der Waals surface area (Å²) in [5.41, 5.74) is 0. The van der Waals surface area contributed by atoms with Crippen LogP contribution < -0.4 is 0 Å². The summed E-state index contributed by atoms with van der Waals surface area (Å²) in [4.78, 5) is 11.2. The topological polar surface area (TPSA) is 35.5 Å². The number of carbonyl (C=O) groups is 1. The molecule has 90 valence electrons. The van der Waals surface area contributed by atoms with Crippen molar-refractivity contribution in [2.24, 2.45) is 0 Å². The first kappa shape index (κ1) is 14.4. The Kier molecular flexibility index (Phi) is 11.1. The lowest BCUT2D eigenvalue weighted by atomic mass is 10.2. The van der Waals surface area contributed by atoms with Crippen molar-refractivity contribution in [2.45, 2.75) is 52.4 Å². The van der Waals surface area contributed by atoms with Gasteiger partial charge in [-0.15, -0.1) is 0 Å². The van der Waals surface area contributed by atoms with Crippen molar-refractivity contribution in [1.29, 1.82) is 0 Å². The fraction of sp³-hybridized carbons (Fsp3) is 0.917. The third kappa shape index (κ3) is 11.4. The van der Waals surface area contributed by atoms with Crippen molar-refractivity contribution in [3.8, 4) is 0 Å². The summed E-state index contributed by atoms with van der Waals surface area (Å²) in [5, 5.41) is 0. The van der Waals surface area contributed by atoms with Crippen molar-refractivity contribution in [3.63, 3.8) is 0 Å². The molecule has 0 aliphatic carbocycles. The van der Waals surface area contributed by atoms with Crippen LogP contribution in [0.25, 0.3) is 0 Å². The van der Waals surface area contributed by atoms with Crippen LogP contribution in [0.5, 0.6) is 0 Å². The van der Waals surface area contributed by atoms with Gasteiger partial charge in [-0.25, -0.2) is 0 Å². The van der Waals surface area contributed by atoms with Gasteiger partial charge in [-0.05, 0) is 26.2 Å². The highest BCUT2D eigenvalue weighted by Crippen LogP contribution is 2.00. The smallest absolute Gasteiger partial charge is 0.305 e. The molecule has 0 spiro atoms. The van der Waals surface area contributed by atoms with Crippen molar-refractivity contribution >= 4 is 5.97 Å². The Morgan fingerprint density at radius 3 is 2.40 bits per heavy atom. The zero-order valence-corrected chi connectivity index (χ0v) is 10.1. The Balaban J connectivity index is 3.11. The highest BCUT2D eigenvalue weighted by molar-refractivity contribution is 5.69. The van der Waals surface area contributed by atoms with Crippen molar-refractivity contribution in [1.82, 2.24) is 0 Å². The quantitative estimate of drug-likeness (QED) is 0.416. The summed E-state index contributed by atoms with van der Waals surface area (Å²) in [7, 11) is 0. The summed E-state index contributed by atoms with van der Waals surface area (Å²) >= 11 is 0. The molecule has 0 N–H and O–H groups in total. The zero-order chi connectivity index (χ0) is 11.4. The summed E-state index contributed by atoms with van der Waals surface area (Å²) in [6.07, 6.45) is 5.62. The second-order valence-electron chi connectivity index (χ2n) is 3.58. The highest BCUT2D eigenvalue weighted by Gasteiger charge is 2.01. The molecule has 0 amide bonds. The molecule has 0 aromatic carbocycles. The molecule has 0 aromatic rings. The maximum atomic E-state index is 11.2. The normalized spacial score (nSPS) is 10.3. The number of unbranched alkanes of at least 4 members (excludes halogenated alkanes) is 3. The molecule has 0 aromatic heterocycles. The van der Waals surface area contributed by atoms with Gasteiger partial charge in [0.25, 0.3) is 0 Å². The highest BCUT2D eigenvalue weighted by atomic mass is 16.5. The molecule has 0 atom stereocenters. The molecule has 0 aliphatic rings. The maximum absolute atomic E-state index is 11.2. The number of carbonyl (C=O) groups excluding carboxylic acids is 1. The van der Waals surface area contributed by atoms with E-state index in [1.807, 2.05) is 6.92 Å². The second kappa shape index (κ2) is 11.5. The average Bonchev–Trinajstić information content (AvgIpc) is 2.24. The molecule has 0 saturated carbocycles. The van der Waals surface area contributed by atoms with Gasteiger partial charge in [0.15, 0.2) is 0 Å². The number of ether oxygens (including phenoxy) is 2. The van der Waals surface area contributed by atoms with Crippen LogP contribution in [0, 0.1) is 0 Å². The minimum atomic E-state index is -0.0670. The van der Waals surface area contributed by atoms with Gasteiger partial charge >= 0.3 is 5.97 Å². The minimum Gasteiger partial charge on any atom is -0.466 e. The first-order valence-corrected chi connectivity index (χ1v) is 6.04. The molecular formula is C12H24O3. The van der Waals surface area contributed by atoms with E-state index in [1.165, 1.54) is 0 Å². The van der Waals surface area contributed by atoms with Crippen LogP contribution in [-0.2, 0) is 14.3 Å². The van der Waals surface area contributed by atoms with Crippen molar-refractivity contribution in [2.75, 3.05) is 19.8 Å². The van der Waals surface area contributed by atoms with Crippen LogP contribution in [-0.4, -0.2) is 25.8 Å². The standard InChI is InChI=1S/C12H24O3/c1-3-5-7-11-15-12(13)9-6-8-10-14-4-2/h3-11H2,1-2H3. The summed E-state index contributed by atoms with van der Waals surface area (Å²) in [6, 6.07) is 0. The fourth-order valence-electron chi connectivity index (χ4n) is 1.23. The summed E-state index contributed by atoms with van der Waals surface area (Å²) in [5.74, 6) is -0.0670. The Morgan fingerprint density at radius 1 is 1.00 bits per heavy atom. The van der Waals surface area contributed by atoms with Gasteiger partial charge in [-0.3, -0.25) is 4.79 Å². The Bertz CT molecular complexity index is 146. The Labute approximate surface area is 93.1 Å². The molecule has 0 bridgehead atoms. The zero-order valence-electron chi connectivity index (χ0n) is 10.1. The van der Waals surface area contributed by atoms with Gasteiger partial charge < -0.3 is 9.47 Å². The van der Waals surface area contributed by atoms with Crippen LogP contribution >= 0.6 is 0 Å². The average molecular weight is 216 g/mol. The van der Waals surface area contributed by atoms with Crippen LogP contribution in [0.1, 0.15) is 52.4 Å². The van der Waals surface area contributed by atoms with E-state index in [0.29, 0.717) is 13.0 Å². The van der Waals surface area contributed by atoms with E-state index in [0.717, 1.165) is 45.3 Å². The van der Waals surface area contributed by atoms with E-state index in [9.17, 15) is 4.79 Å². The van der Waals surface area contributed by atoms with Crippen molar-refractivity contribution in [3.05, 3.63) is 0 Å². The summed E-state index contributed by atoms with van der Waals surface area (Å²) in [6.45, 7) is 6.19. The second-order valence-corrected chi connectivity index (χ2v) is 3.58. The molecule has 0 rings (SSSR count). The number of hydrogen-bond acceptors (Lipinski definition) is 3. The molecule has 0 radical (unpaired) electrons. The predicted octanol–water partition coefficient (Wildman–Crippen LogP) is 2.93. The largest absolute Gasteiger partial charge is 0.466 e. The van der Waals surface area contributed by atoms with E-state index < -0.39 is 0 Å². The van der Waals surface area contributed by atoms with Gasteiger partial charge in [0, 0.05) is 19.6 Å². The molecule has 0 unspecified atom stereocenters. The third-order valence-corrected chi connectivity index (χ3v) is 2.13. The van der Waals surface area contributed by atoms with E-state index in [4.69, 9.17) is 9.47 Å². The monoisotopic (exact) mass is 216 g/mol. The molecule has 15 heavy (non-hydrogen) atoms. The van der Waals surface area contributed by atoms with Gasteiger partial charge in [0.1, 0.15) is 0 Å². The van der Waals surface area contributed by atoms with Crippen molar-refractivity contribution < 1.29 is 14.3 Å². The van der Waals surface area contributed by atoms with E-state index in [2.05, 4.69) is 6.92 Å². The van der Waals surface area contributed by atoms with Crippen LogP contribution in [0.15, 0.2) is 0 Å². The van der Waals surface area contributed by atoms with Gasteiger partial charge in [0.2, 0.25) is 0 Å². The molecule has 0 aliphatic heterocycles. The molecule has 0 heterocycles. The summed E-state index contributed by atoms with van der Waals surface area (Å²) < 4.78 is 10.2. The number of esters is 1. The van der Waals surface area contributed by atoms with Crippen LogP contribution in [0.3, 0.4) is 0 Å².